The number of carbonyl (C=O) groups excluding carboxylic acids is 1. The van der Waals surface area contributed by atoms with Crippen molar-refractivity contribution in [3.05, 3.63) is 28.0 Å². The molecule has 100 valence electrons. The van der Waals surface area contributed by atoms with Crippen molar-refractivity contribution in [1.29, 1.82) is 0 Å². The predicted molar refractivity (Wildman–Crippen MR) is 71.9 cm³/mol. The average molecular weight is 319 g/mol. The molecule has 18 heavy (non-hydrogen) atoms. The highest BCUT2D eigenvalue weighted by Gasteiger charge is 2.14. The lowest BCUT2D eigenvalue weighted by molar-refractivity contribution is 0.0695. The van der Waals surface area contributed by atoms with E-state index in [-0.39, 0.29) is 17.7 Å². The molecule has 1 unspecified atom stereocenters. The quantitative estimate of drug-likeness (QED) is 0.819. The van der Waals surface area contributed by atoms with E-state index >= 15 is 0 Å². The van der Waals surface area contributed by atoms with Crippen LogP contribution in [0.3, 0.4) is 0 Å². The number of carbonyl (C=O) groups is 1. The Kier molecular flexibility index (Phi) is 5.55. The first kappa shape index (κ1) is 14.9. The third-order valence-electron chi connectivity index (χ3n) is 2.33. The van der Waals surface area contributed by atoms with Gasteiger partial charge in [0.25, 0.3) is 5.91 Å². The number of anilines is 1. The summed E-state index contributed by atoms with van der Waals surface area (Å²) in [4.78, 5) is 11.9. The summed E-state index contributed by atoms with van der Waals surface area (Å²) < 4.78 is 18.8. The summed E-state index contributed by atoms with van der Waals surface area (Å²) in [5.74, 6) is -0.874. The molecule has 0 bridgehead atoms. The average Bonchev–Trinajstić information content (AvgIpc) is 2.31. The second-order valence-corrected chi connectivity index (χ2v) is 4.68. The lowest BCUT2D eigenvalue weighted by Crippen LogP contribution is -2.32. The Labute approximate surface area is 114 Å². The van der Waals surface area contributed by atoms with E-state index in [0.717, 1.165) is 0 Å². The van der Waals surface area contributed by atoms with Crippen molar-refractivity contribution >= 4 is 27.5 Å². The number of nitrogens with one attached hydrogen (secondary N) is 1. The molecule has 0 aliphatic heterocycles. The highest BCUT2D eigenvalue weighted by atomic mass is 79.9. The maximum atomic E-state index is 13.1. The number of ether oxygens (including phenoxy) is 1. The number of hydrogen-bond donors (Lipinski definition) is 2. The number of nitrogen functional groups attached to an aromatic ring is 1. The van der Waals surface area contributed by atoms with Crippen LogP contribution < -0.4 is 11.1 Å². The highest BCUT2D eigenvalue weighted by molar-refractivity contribution is 9.10. The van der Waals surface area contributed by atoms with Gasteiger partial charge in [0.1, 0.15) is 5.82 Å². The maximum Gasteiger partial charge on any atom is 0.252 e. The van der Waals surface area contributed by atoms with Gasteiger partial charge in [-0.15, -0.1) is 0 Å². The van der Waals surface area contributed by atoms with Crippen LogP contribution >= 0.6 is 15.9 Å². The summed E-state index contributed by atoms with van der Waals surface area (Å²) >= 11 is 3.13. The number of rotatable bonds is 5. The second kappa shape index (κ2) is 6.70. The lowest BCUT2D eigenvalue weighted by Gasteiger charge is -2.13. The molecule has 4 nitrogen and oxygen atoms in total. The molecule has 1 atom stereocenters. The van der Waals surface area contributed by atoms with Gasteiger partial charge in [-0.3, -0.25) is 4.79 Å². The van der Waals surface area contributed by atoms with Crippen LogP contribution in [0.25, 0.3) is 0 Å². The van der Waals surface area contributed by atoms with E-state index in [1.165, 1.54) is 12.1 Å². The summed E-state index contributed by atoms with van der Waals surface area (Å²) in [6, 6.07) is 2.48. The number of halogens is 2. The van der Waals surface area contributed by atoms with E-state index < -0.39 is 5.82 Å². The van der Waals surface area contributed by atoms with E-state index in [4.69, 9.17) is 10.5 Å². The van der Waals surface area contributed by atoms with Gasteiger partial charge in [-0.05, 0) is 41.9 Å². The molecule has 1 rings (SSSR count). The zero-order chi connectivity index (χ0) is 13.7. The van der Waals surface area contributed by atoms with E-state index in [1.807, 2.05) is 13.8 Å². The number of amides is 1. The van der Waals surface area contributed by atoms with Crippen LogP contribution in [-0.2, 0) is 4.74 Å². The predicted octanol–water partition coefficient (Wildman–Crippen LogP) is 2.33. The minimum Gasteiger partial charge on any atom is -0.396 e. The van der Waals surface area contributed by atoms with Crippen molar-refractivity contribution in [3.8, 4) is 0 Å². The van der Waals surface area contributed by atoms with Crippen LogP contribution in [0, 0.1) is 5.82 Å². The molecule has 0 saturated heterocycles. The maximum absolute atomic E-state index is 13.1. The monoisotopic (exact) mass is 318 g/mol. The fourth-order valence-corrected chi connectivity index (χ4v) is 1.91. The normalized spacial score (nSPS) is 12.2. The van der Waals surface area contributed by atoms with Gasteiger partial charge in [0.05, 0.1) is 17.4 Å². The Morgan fingerprint density at radius 1 is 1.61 bits per heavy atom. The van der Waals surface area contributed by atoms with E-state index in [0.29, 0.717) is 23.2 Å². The summed E-state index contributed by atoms with van der Waals surface area (Å²) in [5, 5.41) is 2.70. The molecule has 0 aliphatic carbocycles. The molecule has 1 aromatic rings. The van der Waals surface area contributed by atoms with Gasteiger partial charge in [-0.2, -0.15) is 0 Å². The number of hydrogen-bond acceptors (Lipinski definition) is 3. The number of nitrogens with two attached hydrogens (primary N) is 1. The molecule has 0 spiro atoms. The van der Waals surface area contributed by atoms with Gasteiger partial charge in [0, 0.05) is 17.6 Å². The molecule has 1 aromatic carbocycles. The smallest absolute Gasteiger partial charge is 0.252 e. The van der Waals surface area contributed by atoms with Crippen molar-refractivity contribution in [3.63, 3.8) is 0 Å². The first-order valence-electron chi connectivity index (χ1n) is 5.60. The van der Waals surface area contributed by atoms with Crippen LogP contribution in [0.1, 0.15) is 24.2 Å². The first-order chi connectivity index (χ1) is 8.45. The molecule has 0 heterocycles. The SMILES string of the molecule is CCOC(C)CNC(=O)c1cc(N)c(F)cc1Br. The fraction of sp³-hybridized carbons (Fsp3) is 0.417. The van der Waals surface area contributed by atoms with Crippen LogP contribution in [0.2, 0.25) is 0 Å². The van der Waals surface area contributed by atoms with Crippen molar-refractivity contribution < 1.29 is 13.9 Å². The zero-order valence-electron chi connectivity index (χ0n) is 10.3. The summed E-state index contributed by atoms with van der Waals surface area (Å²) in [6.07, 6.45) is -0.0736. The molecule has 0 radical (unpaired) electrons. The molecule has 1 amide bonds. The Morgan fingerprint density at radius 2 is 2.28 bits per heavy atom. The van der Waals surface area contributed by atoms with Gasteiger partial charge in [-0.1, -0.05) is 0 Å². The highest BCUT2D eigenvalue weighted by Crippen LogP contribution is 2.22. The van der Waals surface area contributed by atoms with Crippen molar-refractivity contribution in [2.75, 3.05) is 18.9 Å². The minimum absolute atomic E-state index is 0.0544. The summed E-state index contributed by atoms with van der Waals surface area (Å²) in [5.41, 5.74) is 5.68. The molecule has 0 fully saturated rings. The molecular weight excluding hydrogens is 303 g/mol. The Bertz CT molecular complexity index is 440. The third kappa shape index (κ3) is 3.96. The van der Waals surface area contributed by atoms with Crippen LogP contribution in [0.4, 0.5) is 10.1 Å². The topological polar surface area (TPSA) is 64.3 Å². The van der Waals surface area contributed by atoms with E-state index in [9.17, 15) is 9.18 Å². The Balaban J connectivity index is 2.70. The van der Waals surface area contributed by atoms with Gasteiger partial charge in [0.2, 0.25) is 0 Å². The molecule has 0 aliphatic rings. The largest absolute Gasteiger partial charge is 0.396 e. The summed E-state index contributed by atoms with van der Waals surface area (Å²) in [7, 11) is 0. The molecule has 0 aromatic heterocycles. The summed E-state index contributed by atoms with van der Waals surface area (Å²) in [6.45, 7) is 4.72. The molecule has 3 N–H and O–H groups in total. The van der Waals surface area contributed by atoms with Crippen molar-refractivity contribution in [1.82, 2.24) is 5.32 Å². The molecule has 0 saturated carbocycles. The lowest BCUT2D eigenvalue weighted by atomic mass is 10.2. The standard InChI is InChI=1S/C12H16BrFN2O2/c1-3-18-7(2)6-16-12(17)8-4-11(15)10(14)5-9(8)13/h4-5,7H,3,6,15H2,1-2H3,(H,16,17). The third-order valence-corrected chi connectivity index (χ3v) is 2.99. The van der Waals surface area contributed by atoms with Gasteiger partial charge in [-0.25, -0.2) is 4.39 Å². The van der Waals surface area contributed by atoms with Crippen LogP contribution in [-0.4, -0.2) is 25.2 Å². The number of benzene rings is 1. The molecule has 6 heteroatoms. The second-order valence-electron chi connectivity index (χ2n) is 3.83. The fourth-order valence-electron chi connectivity index (χ4n) is 1.41. The van der Waals surface area contributed by atoms with Crippen molar-refractivity contribution in [2.24, 2.45) is 0 Å². The van der Waals surface area contributed by atoms with Crippen LogP contribution in [0.15, 0.2) is 16.6 Å². The van der Waals surface area contributed by atoms with Gasteiger partial charge in [0.15, 0.2) is 0 Å². The van der Waals surface area contributed by atoms with Gasteiger partial charge < -0.3 is 15.8 Å². The Morgan fingerprint density at radius 3 is 2.89 bits per heavy atom. The zero-order valence-corrected chi connectivity index (χ0v) is 11.9. The van der Waals surface area contributed by atoms with E-state index in [2.05, 4.69) is 21.2 Å². The van der Waals surface area contributed by atoms with Crippen molar-refractivity contribution in [2.45, 2.75) is 20.0 Å². The van der Waals surface area contributed by atoms with Gasteiger partial charge >= 0.3 is 0 Å². The first-order valence-corrected chi connectivity index (χ1v) is 6.39. The minimum atomic E-state index is -0.555. The molecular formula is C12H16BrFN2O2. The Hall–Kier alpha value is -1.14. The van der Waals surface area contributed by atoms with E-state index in [1.54, 1.807) is 0 Å². The van der Waals surface area contributed by atoms with Crippen LogP contribution in [0.5, 0.6) is 0 Å².